The minimum Gasteiger partial charge on any atom is -0.273 e. The number of hydrazine groups is 1. The van der Waals surface area contributed by atoms with E-state index in [2.05, 4.69) is 10.9 Å². The first-order valence-electron chi connectivity index (χ1n) is 8.50. The second-order valence-corrected chi connectivity index (χ2v) is 8.64. The van der Waals surface area contributed by atoms with Crippen LogP contribution in [0.25, 0.3) is 0 Å². The van der Waals surface area contributed by atoms with E-state index in [4.69, 9.17) is 23.2 Å². The fourth-order valence-electron chi connectivity index (χ4n) is 5.39. The zero-order valence-electron chi connectivity index (χ0n) is 13.3. The van der Waals surface area contributed by atoms with Crippen molar-refractivity contribution in [2.75, 3.05) is 0 Å². The van der Waals surface area contributed by atoms with Crippen molar-refractivity contribution in [1.82, 2.24) is 10.9 Å². The van der Waals surface area contributed by atoms with Gasteiger partial charge in [-0.25, -0.2) is 0 Å². The van der Waals surface area contributed by atoms with E-state index in [1.54, 1.807) is 6.07 Å². The highest BCUT2D eigenvalue weighted by Gasteiger charge is 2.54. The van der Waals surface area contributed by atoms with Crippen molar-refractivity contribution in [1.29, 1.82) is 0 Å². The summed E-state index contributed by atoms with van der Waals surface area (Å²) in [5, 5.41) is 0.778. The second kappa shape index (κ2) is 5.92. The Balaban J connectivity index is 1.42. The number of rotatable bonds is 2. The van der Waals surface area contributed by atoms with Gasteiger partial charge in [-0.2, -0.15) is 0 Å². The van der Waals surface area contributed by atoms with Crippen LogP contribution in [0, 0.1) is 23.2 Å². The third-order valence-electron chi connectivity index (χ3n) is 5.93. The van der Waals surface area contributed by atoms with Crippen LogP contribution in [0.1, 0.15) is 48.9 Å². The van der Waals surface area contributed by atoms with Crippen LogP contribution < -0.4 is 10.9 Å². The molecule has 0 aromatic heterocycles. The number of carbonyl (C=O) groups excluding carboxylic acids is 2. The number of hydrogen-bond donors (Lipinski definition) is 2. The number of carbonyl (C=O) groups is 2. The number of benzene rings is 1. The van der Waals surface area contributed by atoms with Crippen LogP contribution in [0.2, 0.25) is 10.0 Å². The molecule has 4 saturated carbocycles. The lowest BCUT2D eigenvalue weighted by molar-refractivity contribution is -0.147. The van der Waals surface area contributed by atoms with E-state index in [0.717, 1.165) is 19.3 Å². The molecule has 1 aromatic rings. The molecule has 128 valence electrons. The first kappa shape index (κ1) is 16.2. The summed E-state index contributed by atoms with van der Waals surface area (Å²) < 4.78 is 0. The Morgan fingerprint density at radius 3 is 1.88 bits per heavy atom. The fourth-order valence-corrected chi connectivity index (χ4v) is 5.92. The molecule has 0 atom stereocenters. The molecular weight excluding hydrogens is 347 g/mol. The molecule has 5 rings (SSSR count). The van der Waals surface area contributed by atoms with E-state index in [-0.39, 0.29) is 11.3 Å². The molecule has 1 aromatic carbocycles. The smallest absolute Gasteiger partial charge is 0.269 e. The van der Waals surface area contributed by atoms with Gasteiger partial charge in [0.15, 0.2) is 0 Å². The molecule has 2 N–H and O–H groups in total. The van der Waals surface area contributed by atoms with Gasteiger partial charge < -0.3 is 0 Å². The van der Waals surface area contributed by atoms with Crippen molar-refractivity contribution in [3.63, 3.8) is 0 Å². The monoisotopic (exact) mass is 366 g/mol. The highest BCUT2D eigenvalue weighted by Crippen LogP contribution is 2.60. The average Bonchev–Trinajstić information content (AvgIpc) is 2.50. The lowest BCUT2D eigenvalue weighted by Gasteiger charge is -2.55. The summed E-state index contributed by atoms with van der Waals surface area (Å²) in [5.74, 6) is 1.61. The fraction of sp³-hybridized carbons (Fsp3) is 0.556. The highest BCUT2D eigenvalue weighted by molar-refractivity contribution is 6.35. The SMILES string of the molecule is O=C(NNC(=O)C12CC3CC(CC(C3)C1)C2)c1cc(Cl)cc(Cl)c1. The van der Waals surface area contributed by atoms with Crippen LogP contribution in [-0.2, 0) is 4.79 Å². The van der Waals surface area contributed by atoms with E-state index in [9.17, 15) is 9.59 Å². The summed E-state index contributed by atoms with van der Waals surface area (Å²) in [5.41, 5.74) is 5.22. The first-order chi connectivity index (χ1) is 11.4. The molecular formula is C18H20Cl2N2O2. The Bertz CT molecular complexity index is 649. The quantitative estimate of drug-likeness (QED) is 0.777. The van der Waals surface area contributed by atoms with Crippen molar-refractivity contribution < 1.29 is 9.59 Å². The predicted octanol–water partition coefficient (Wildman–Crippen LogP) is 3.97. The van der Waals surface area contributed by atoms with Crippen LogP contribution in [0.5, 0.6) is 0 Å². The Morgan fingerprint density at radius 1 is 0.875 bits per heavy atom. The van der Waals surface area contributed by atoms with E-state index >= 15 is 0 Å². The molecule has 0 radical (unpaired) electrons. The van der Waals surface area contributed by atoms with Gasteiger partial charge in [-0.1, -0.05) is 23.2 Å². The molecule has 4 fully saturated rings. The van der Waals surface area contributed by atoms with E-state index in [1.165, 1.54) is 31.4 Å². The summed E-state index contributed by atoms with van der Waals surface area (Å²) in [7, 11) is 0. The largest absolute Gasteiger partial charge is 0.273 e. The molecule has 6 heteroatoms. The predicted molar refractivity (Wildman–Crippen MR) is 92.7 cm³/mol. The Labute approximate surface area is 151 Å². The summed E-state index contributed by atoms with van der Waals surface area (Å²) in [4.78, 5) is 25.0. The maximum atomic E-state index is 12.8. The van der Waals surface area contributed by atoms with Gasteiger partial charge in [0.05, 0.1) is 5.41 Å². The third kappa shape index (κ3) is 2.91. The normalized spacial score (nSPS) is 33.3. The molecule has 4 nitrogen and oxygen atoms in total. The molecule has 2 amide bonds. The molecule has 0 saturated heterocycles. The van der Waals surface area contributed by atoms with Crippen molar-refractivity contribution in [3.8, 4) is 0 Å². The van der Waals surface area contributed by atoms with Crippen molar-refractivity contribution in [2.24, 2.45) is 23.2 Å². The number of amides is 2. The molecule has 0 heterocycles. The van der Waals surface area contributed by atoms with E-state index in [0.29, 0.717) is 33.4 Å². The minimum atomic E-state index is -0.405. The average molecular weight is 367 g/mol. The van der Waals surface area contributed by atoms with Gasteiger partial charge in [-0.15, -0.1) is 0 Å². The molecule has 4 aliphatic carbocycles. The molecule has 4 aliphatic rings. The van der Waals surface area contributed by atoms with Crippen LogP contribution in [-0.4, -0.2) is 11.8 Å². The van der Waals surface area contributed by atoms with E-state index in [1.807, 2.05) is 0 Å². The van der Waals surface area contributed by atoms with Gasteiger partial charge in [-0.05, 0) is 74.5 Å². The van der Waals surface area contributed by atoms with Gasteiger partial charge in [0.1, 0.15) is 0 Å². The third-order valence-corrected chi connectivity index (χ3v) is 6.37. The Hall–Kier alpha value is -1.26. The standard InChI is InChI=1S/C18H20Cl2N2O2/c19-14-4-13(5-15(20)6-14)16(23)21-22-17(24)18-7-10-1-11(8-18)3-12(2-10)9-18/h4-6,10-12H,1-3,7-9H2,(H,21,23)(H,22,24). The minimum absolute atomic E-state index is 0.0388. The maximum absolute atomic E-state index is 12.8. The zero-order chi connectivity index (χ0) is 16.9. The van der Waals surface area contributed by atoms with Gasteiger partial charge in [-0.3, -0.25) is 20.4 Å². The number of halogens is 2. The van der Waals surface area contributed by atoms with Crippen LogP contribution in [0.15, 0.2) is 18.2 Å². The van der Waals surface area contributed by atoms with Gasteiger partial charge in [0.25, 0.3) is 5.91 Å². The van der Waals surface area contributed by atoms with Crippen molar-refractivity contribution >= 4 is 35.0 Å². The lowest BCUT2D eigenvalue weighted by Crippen LogP contribution is -2.56. The van der Waals surface area contributed by atoms with Crippen molar-refractivity contribution in [3.05, 3.63) is 33.8 Å². The summed E-state index contributed by atoms with van der Waals surface area (Å²) in [6, 6.07) is 4.62. The molecule has 0 unspecified atom stereocenters. The summed E-state index contributed by atoms with van der Waals surface area (Å²) in [6.07, 6.45) is 6.72. The first-order valence-corrected chi connectivity index (χ1v) is 9.26. The van der Waals surface area contributed by atoms with Crippen LogP contribution in [0.4, 0.5) is 0 Å². The molecule has 0 aliphatic heterocycles. The van der Waals surface area contributed by atoms with Gasteiger partial charge in [0.2, 0.25) is 5.91 Å². The number of nitrogens with one attached hydrogen (secondary N) is 2. The van der Waals surface area contributed by atoms with Gasteiger partial charge in [0, 0.05) is 15.6 Å². The van der Waals surface area contributed by atoms with Gasteiger partial charge >= 0.3 is 0 Å². The number of hydrogen-bond acceptors (Lipinski definition) is 2. The Morgan fingerprint density at radius 2 is 1.38 bits per heavy atom. The van der Waals surface area contributed by atoms with Crippen molar-refractivity contribution in [2.45, 2.75) is 38.5 Å². The van der Waals surface area contributed by atoms with Crippen LogP contribution >= 0.6 is 23.2 Å². The maximum Gasteiger partial charge on any atom is 0.269 e. The van der Waals surface area contributed by atoms with E-state index < -0.39 is 5.91 Å². The summed E-state index contributed by atoms with van der Waals surface area (Å²) >= 11 is 11.8. The topological polar surface area (TPSA) is 58.2 Å². The van der Waals surface area contributed by atoms with Crippen LogP contribution in [0.3, 0.4) is 0 Å². The molecule has 24 heavy (non-hydrogen) atoms. The molecule has 0 spiro atoms. The second-order valence-electron chi connectivity index (χ2n) is 7.76. The zero-order valence-corrected chi connectivity index (χ0v) is 14.8. The summed E-state index contributed by atoms with van der Waals surface area (Å²) in [6.45, 7) is 0. The molecule has 4 bridgehead atoms. The Kier molecular flexibility index (Phi) is 4.00. The highest BCUT2D eigenvalue weighted by atomic mass is 35.5. The lowest BCUT2D eigenvalue weighted by atomic mass is 9.49.